The van der Waals surface area contributed by atoms with Crippen LogP contribution < -0.4 is 21.7 Å². The topological polar surface area (TPSA) is 208 Å². The molecule has 0 saturated carbocycles. The molecule has 38 heavy (non-hydrogen) atoms. The molecule has 5 unspecified atom stereocenters. The third kappa shape index (κ3) is 11.4. The lowest BCUT2D eigenvalue weighted by atomic mass is 9.98. The van der Waals surface area contributed by atoms with Crippen LogP contribution in [0.5, 0.6) is 5.75 Å². The number of carbonyl (C=O) groups is 5. The maximum absolute atomic E-state index is 13.1. The van der Waals surface area contributed by atoms with Gasteiger partial charge in [0.15, 0.2) is 0 Å². The van der Waals surface area contributed by atoms with E-state index < -0.39 is 66.2 Å². The Balaban J connectivity index is 3.00. The molecule has 0 radical (unpaired) electrons. The van der Waals surface area contributed by atoms with Gasteiger partial charge in [0.1, 0.15) is 23.9 Å². The molecule has 1 rings (SSSR count). The molecule has 0 bridgehead atoms. The van der Waals surface area contributed by atoms with Gasteiger partial charge in [0.05, 0.1) is 6.04 Å². The third-order valence-electron chi connectivity index (χ3n) is 6.03. The van der Waals surface area contributed by atoms with Gasteiger partial charge in [0.2, 0.25) is 17.7 Å². The quantitative estimate of drug-likeness (QED) is 0.141. The summed E-state index contributed by atoms with van der Waals surface area (Å²) >= 11 is 1.43. The number of hydrogen-bond acceptors (Lipinski definition) is 8. The highest BCUT2D eigenvalue weighted by Crippen LogP contribution is 2.12. The van der Waals surface area contributed by atoms with Crippen molar-refractivity contribution in [3.63, 3.8) is 0 Å². The largest absolute Gasteiger partial charge is 0.508 e. The van der Waals surface area contributed by atoms with Gasteiger partial charge in [-0.05, 0) is 54.9 Å². The summed E-state index contributed by atoms with van der Waals surface area (Å²) in [6, 6.07) is 1.56. The van der Waals surface area contributed by atoms with Crippen LogP contribution >= 0.6 is 11.8 Å². The van der Waals surface area contributed by atoms with Gasteiger partial charge in [-0.2, -0.15) is 11.8 Å². The number of thioether (sulfide) groups is 1. The van der Waals surface area contributed by atoms with Crippen molar-refractivity contribution >= 4 is 41.4 Å². The second kappa shape index (κ2) is 16.5. The van der Waals surface area contributed by atoms with Crippen LogP contribution in [0.15, 0.2) is 24.3 Å². The molecule has 8 N–H and O–H groups in total. The number of benzene rings is 1. The smallest absolute Gasteiger partial charge is 0.326 e. The second-order valence-corrected chi connectivity index (χ2v) is 10.0. The van der Waals surface area contributed by atoms with E-state index in [1.54, 1.807) is 26.0 Å². The highest BCUT2D eigenvalue weighted by atomic mass is 32.2. The monoisotopic (exact) mass is 554 g/mol. The van der Waals surface area contributed by atoms with Crippen LogP contribution in [0.25, 0.3) is 0 Å². The maximum atomic E-state index is 13.1. The van der Waals surface area contributed by atoms with Gasteiger partial charge in [-0.3, -0.25) is 19.2 Å². The zero-order chi connectivity index (χ0) is 28.8. The normalized spacial score (nSPS) is 14.8. The molecule has 1 aromatic carbocycles. The first-order chi connectivity index (χ1) is 17.9. The van der Waals surface area contributed by atoms with E-state index in [4.69, 9.17) is 10.8 Å². The summed E-state index contributed by atoms with van der Waals surface area (Å²) < 4.78 is 0. The predicted molar refractivity (Wildman–Crippen MR) is 143 cm³/mol. The minimum Gasteiger partial charge on any atom is -0.508 e. The van der Waals surface area contributed by atoms with Gasteiger partial charge in [0.25, 0.3) is 0 Å². The SMILES string of the molecule is CCC(C)C(NC(=O)C(CCC(=O)O)NC(=O)C(CCSC)NC(=O)C(N)Cc1ccc(O)cc1)C(=O)O. The van der Waals surface area contributed by atoms with E-state index >= 15 is 0 Å². The first-order valence-corrected chi connectivity index (χ1v) is 13.7. The number of phenols is 1. The molecule has 3 amide bonds. The molecular formula is C25H38N4O8S. The average molecular weight is 555 g/mol. The highest BCUT2D eigenvalue weighted by molar-refractivity contribution is 7.98. The highest BCUT2D eigenvalue weighted by Gasteiger charge is 2.32. The number of aliphatic carboxylic acids is 2. The summed E-state index contributed by atoms with van der Waals surface area (Å²) in [6.45, 7) is 3.42. The summed E-state index contributed by atoms with van der Waals surface area (Å²) in [6.07, 6.45) is 1.93. The number of nitrogens with one attached hydrogen (secondary N) is 3. The van der Waals surface area contributed by atoms with Crippen molar-refractivity contribution in [2.24, 2.45) is 11.7 Å². The first-order valence-electron chi connectivity index (χ1n) is 12.3. The number of rotatable bonds is 17. The van der Waals surface area contributed by atoms with Gasteiger partial charge in [0, 0.05) is 6.42 Å². The van der Waals surface area contributed by atoms with Crippen LogP contribution in [-0.2, 0) is 30.4 Å². The van der Waals surface area contributed by atoms with E-state index in [0.29, 0.717) is 17.7 Å². The number of nitrogens with two attached hydrogens (primary N) is 1. The van der Waals surface area contributed by atoms with Crippen LogP contribution in [0.2, 0.25) is 0 Å². The number of carbonyl (C=O) groups excluding carboxylic acids is 3. The molecule has 13 heteroatoms. The second-order valence-electron chi connectivity index (χ2n) is 9.02. The number of phenolic OH excluding ortho intramolecular Hbond substituents is 1. The summed E-state index contributed by atoms with van der Waals surface area (Å²) in [5.74, 6) is -4.43. The van der Waals surface area contributed by atoms with Crippen molar-refractivity contribution in [3.05, 3.63) is 29.8 Å². The molecule has 5 atom stereocenters. The Labute approximate surface area is 226 Å². The van der Waals surface area contributed by atoms with E-state index in [2.05, 4.69) is 16.0 Å². The Morgan fingerprint density at radius 2 is 1.47 bits per heavy atom. The summed E-state index contributed by atoms with van der Waals surface area (Å²) in [4.78, 5) is 61.6. The van der Waals surface area contributed by atoms with E-state index in [-0.39, 0.29) is 25.0 Å². The van der Waals surface area contributed by atoms with Gasteiger partial charge in [-0.25, -0.2) is 4.79 Å². The van der Waals surface area contributed by atoms with Crippen molar-refractivity contribution in [2.45, 2.75) is 70.1 Å². The van der Waals surface area contributed by atoms with E-state index in [1.165, 1.54) is 23.9 Å². The Morgan fingerprint density at radius 1 is 0.921 bits per heavy atom. The summed E-state index contributed by atoms with van der Waals surface area (Å²) in [5.41, 5.74) is 6.73. The predicted octanol–water partition coefficient (Wildman–Crippen LogP) is 0.465. The van der Waals surface area contributed by atoms with Crippen LogP contribution in [0.4, 0.5) is 0 Å². The Hall–Kier alpha value is -3.32. The van der Waals surface area contributed by atoms with Crippen LogP contribution in [0.1, 0.15) is 45.1 Å². The number of aromatic hydroxyl groups is 1. The van der Waals surface area contributed by atoms with Crippen molar-refractivity contribution in [1.29, 1.82) is 0 Å². The van der Waals surface area contributed by atoms with Gasteiger partial charge < -0.3 is 37.0 Å². The lowest BCUT2D eigenvalue weighted by Crippen LogP contribution is -2.58. The summed E-state index contributed by atoms with van der Waals surface area (Å²) in [5, 5.41) is 35.5. The molecule has 0 aliphatic heterocycles. The minimum atomic E-state index is -1.33. The minimum absolute atomic E-state index is 0.0703. The molecule has 212 valence electrons. The molecule has 0 aromatic heterocycles. The van der Waals surface area contributed by atoms with Crippen molar-refractivity contribution in [1.82, 2.24) is 16.0 Å². The molecule has 12 nitrogen and oxygen atoms in total. The van der Waals surface area contributed by atoms with Crippen LogP contribution in [-0.4, -0.2) is 81.2 Å². The number of amides is 3. The molecule has 0 heterocycles. The number of carboxylic acid groups (broad SMARTS) is 2. The molecule has 0 spiro atoms. The average Bonchev–Trinajstić information content (AvgIpc) is 2.87. The van der Waals surface area contributed by atoms with Crippen molar-refractivity contribution in [2.75, 3.05) is 12.0 Å². The molecule has 1 aromatic rings. The van der Waals surface area contributed by atoms with Crippen molar-refractivity contribution < 1.29 is 39.3 Å². The Morgan fingerprint density at radius 3 is 2.00 bits per heavy atom. The van der Waals surface area contributed by atoms with E-state index in [1.807, 2.05) is 6.26 Å². The fraction of sp³-hybridized carbons (Fsp3) is 0.560. The number of carboxylic acids is 2. The van der Waals surface area contributed by atoms with E-state index in [9.17, 15) is 34.2 Å². The number of hydrogen-bond donors (Lipinski definition) is 7. The lowest BCUT2D eigenvalue weighted by Gasteiger charge is -2.26. The fourth-order valence-electron chi connectivity index (χ4n) is 3.51. The van der Waals surface area contributed by atoms with Crippen molar-refractivity contribution in [3.8, 4) is 5.75 Å². The molecular weight excluding hydrogens is 516 g/mol. The standard InChI is InChI=1S/C25H38N4O8S/c1-4-14(2)21(25(36)37)29-24(35)18(9-10-20(31)32)28-23(34)19(11-12-38-3)27-22(33)17(26)13-15-5-7-16(30)8-6-15/h5-8,14,17-19,21,30H,4,9-13,26H2,1-3H3,(H,27,33)(H,28,34)(H,29,35)(H,31,32)(H,36,37). The first kappa shape index (κ1) is 32.7. The van der Waals surface area contributed by atoms with E-state index in [0.717, 1.165) is 0 Å². The Kier molecular flexibility index (Phi) is 14.2. The Bertz CT molecular complexity index is 959. The molecule has 0 aliphatic rings. The van der Waals surface area contributed by atoms with Crippen LogP contribution in [0, 0.1) is 5.92 Å². The molecule has 0 fully saturated rings. The zero-order valence-electron chi connectivity index (χ0n) is 21.8. The fourth-order valence-corrected chi connectivity index (χ4v) is 3.98. The maximum Gasteiger partial charge on any atom is 0.326 e. The van der Waals surface area contributed by atoms with Gasteiger partial charge >= 0.3 is 11.9 Å². The van der Waals surface area contributed by atoms with Crippen LogP contribution in [0.3, 0.4) is 0 Å². The zero-order valence-corrected chi connectivity index (χ0v) is 22.6. The lowest BCUT2D eigenvalue weighted by molar-refractivity contribution is -0.144. The molecule has 0 aliphatic carbocycles. The van der Waals surface area contributed by atoms with Gasteiger partial charge in [-0.15, -0.1) is 0 Å². The van der Waals surface area contributed by atoms with Gasteiger partial charge in [-0.1, -0.05) is 32.4 Å². The summed E-state index contributed by atoms with van der Waals surface area (Å²) in [7, 11) is 0. The molecule has 0 saturated heterocycles. The third-order valence-corrected chi connectivity index (χ3v) is 6.67.